The van der Waals surface area contributed by atoms with E-state index in [1.807, 2.05) is 55.5 Å². The molecule has 5 heteroatoms. The number of ether oxygens (including phenoxy) is 2. The fourth-order valence-corrected chi connectivity index (χ4v) is 2.71. The lowest BCUT2D eigenvalue weighted by molar-refractivity contribution is -0.124. The molecule has 0 aliphatic heterocycles. The van der Waals surface area contributed by atoms with Crippen LogP contribution in [0, 0.1) is 6.92 Å². The molecule has 3 rings (SSSR count). The van der Waals surface area contributed by atoms with E-state index in [9.17, 15) is 9.59 Å². The van der Waals surface area contributed by atoms with Crippen LogP contribution in [0.4, 0.5) is 0 Å². The third-order valence-corrected chi connectivity index (χ3v) is 4.23. The Labute approximate surface area is 157 Å². The summed E-state index contributed by atoms with van der Waals surface area (Å²) in [7, 11) is 1.50. The molecule has 0 saturated heterocycles. The van der Waals surface area contributed by atoms with Crippen LogP contribution in [0.3, 0.4) is 0 Å². The SMILES string of the molecule is COc1cc2ccccc2cc1C(=O)OCC(=O)NCc1ccc(C)cc1. The highest BCUT2D eigenvalue weighted by atomic mass is 16.5. The van der Waals surface area contributed by atoms with Gasteiger partial charge in [0.15, 0.2) is 6.61 Å². The first-order valence-corrected chi connectivity index (χ1v) is 8.63. The number of methoxy groups -OCH3 is 1. The smallest absolute Gasteiger partial charge is 0.342 e. The molecule has 0 aliphatic rings. The molecule has 0 heterocycles. The van der Waals surface area contributed by atoms with E-state index >= 15 is 0 Å². The van der Waals surface area contributed by atoms with Gasteiger partial charge in [0, 0.05) is 6.54 Å². The van der Waals surface area contributed by atoms with Crippen molar-refractivity contribution in [1.82, 2.24) is 5.32 Å². The molecule has 0 saturated carbocycles. The van der Waals surface area contributed by atoms with Gasteiger partial charge in [-0.3, -0.25) is 4.79 Å². The van der Waals surface area contributed by atoms with Crippen LogP contribution >= 0.6 is 0 Å². The lowest BCUT2D eigenvalue weighted by Crippen LogP contribution is -2.28. The van der Waals surface area contributed by atoms with Crippen molar-refractivity contribution in [3.63, 3.8) is 0 Å². The quantitative estimate of drug-likeness (QED) is 0.679. The summed E-state index contributed by atoms with van der Waals surface area (Å²) >= 11 is 0. The Bertz CT molecular complexity index is 964. The average Bonchev–Trinajstić information content (AvgIpc) is 2.70. The molecule has 1 amide bonds. The van der Waals surface area contributed by atoms with Crippen LogP contribution in [0.2, 0.25) is 0 Å². The molecule has 0 fully saturated rings. The molecule has 0 spiro atoms. The monoisotopic (exact) mass is 363 g/mol. The molecule has 0 aromatic heterocycles. The molecule has 0 bridgehead atoms. The Morgan fingerprint density at radius 1 is 0.963 bits per heavy atom. The summed E-state index contributed by atoms with van der Waals surface area (Å²) in [5.74, 6) is -0.537. The number of aryl methyl sites for hydroxylation is 1. The Morgan fingerprint density at radius 2 is 1.63 bits per heavy atom. The third kappa shape index (κ3) is 4.64. The number of esters is 1. The van der Waals surface area contributed by atoms with Crippen molar-refractivity contribution in [3.8, 4) is 5.75 Å². The summed E-state index contributed by atoms with van der Waals surface area (Å²) in [6.45, 7) is 2.04. The minimum absolute atomic E-state index is 0.294. The van der Waals surface area contributed by atoms with Gasteiger partial charge < -0.3 is 14.8 Å². The molecule has 0 unspecified atom stereocenters. The average molecular weight is 363 g/mol. The Morgan fingerprint density at radius 3 is 2.30 bits per heavy atom. The fraction of sp³-hybridized carbons (Fsp3) is 0.182. The van der Waals surface area contributed by atoms with Crippen molar-refractivity contribution in [2.45, 2.75) is 13.5 Å². The molecular formula is C22H21NO4. The largest absolute Gasteiger partial charge is 0.496 e. The zero-order valence-electron chi connectivity index (χ0n) is 15.3. The van der Waals surface area contributed by atoms with Gasteiger partial charge in [0.05, 0.1) is 7.11 Å². The maximum Gasteiger partial charge on any atom is 0.342 e. The summed E-state index contributed by atoms with van der Waals surface area (Å²) in [6, 6.07) is 19.0. The van der Waals surface area contributed by atoms with Gasteiger partial charge in [0.1, 0.15) is 11.3 Å². The lowest BCUT2D eigenvalue weighted by Gasteiger charge is -2.11. The van der Waals surface area contributed by atoms with Gasteiger partial charge in [-0.15, -0.1) is 0 Å². The van der Waals surface area contributed by atoms with Crippen molar-refractivity contribution in [2.75, 3.05) is 13.7 Å². The van der Waals surface area contributed by atoms with E-state index < -0.39 is 5.97 Å². The molecule has 27 heavy (non-hydrogen) atoms. The fourth-order valence-electron chi connectivity index (χ4n) is 2.71. The van der Waals surface area contributed by atoms with E-state index in [0.717, 1.165) is 21.9 Å². The van der Waals surface area contributed by atoms with Gasteiger partial charge in [-0.05, 0) is 35.4 Å². The molecule has 1 N–H and O–H groups in total. The van der Waals surface area contributed by atoms with E-state index in [1.54, 1.807) is 12.1 Å². The molecule has 0 aliphatic carbocycles. The third-order valence-electron chi connectivity index (χ3n) is 4.23. The molecule has 3 aromatic rings. The van der Waals surface area contributed by atoms with E-state index in [4.69, 9.17) is 9.47 Å². The maximum atomic E-state index is 12.4. The molecule has 0 radical (unpaired) electrons. The Balaban J connectivity index is 1.60. The highest BCUT2D eigenvalue weighted by Gasteiger charge is 2.16. The summed E-state index contributed by atoms with van der Waals surface area (Å²) in [5.41, 5.74) is 2.43. The summed E-state index contributed by atoms with van der Waals surface area (Å²) in [6.07, 6.45) is 0. The van der Waals surface area contributed by atoms with E-state index in [0.29, 0.717) is 17.9 Å². The number of carbonyl (C=O) groups is 2. The summed E-state index contributed by atoms with van der Waals surface area (Å²) < 4.78 is 10.5. The molecule has 138 valence electrons. The number of hydrogen-bond acceptors (Lipinski definition) is 4. The predicted octanol–water partition coefficient (Wildman–Crippen LogP) is 3.63. The van der Waals surface area contributed by atoms with Crippen molar-refractivity contribution in [1.29, 1.82) is 0 Å². The first-order chi connectivity index (χ1) is 13.1. The number of benzene rings is 3. The van der Waals surface area contributed by atoms with Crippen LogP contribution < -0.4 is 10.1 Å². The van der Waals surface area contributed by atoms with Gasteiger partial charge in [-0.25, -0.2) is 4.79 Å². The van der Waals surface area contributed by atoms with Gasteiger partial charge in [-0.2, -0.15) is 0 Å². The van der Waals surface area contributed by atoms with Crippen LogP contribution in [0.25, 0.3) is 10.8 Å². The van der Waals surface area contributed by atoms with E-state index in [2.05, 4.69) is 5.32 Å². The predicted molar refractivity (Wildman–Crippen MR) is 104 cm³/mol. The second-order valence-corrected chi connectivity index (χ2v) is 6.24. The van der Waals surface area contributed by atoms with Crippen LogP contribution in [0.1, 0.15) is 21.5 Å². The molecular weight excluding hydrogens is 342 g/mol. The van der Waals surface area contributed by atoms with E-state index in [1.165, 1.54) is 7.11 Å². The van der Waals surface area contributed by atoms with Crippen molar-refractivity contribution in [2.24, 2.45) is 0 Å². The standard InChI is InChI=1S/C22H21NO4/c1-15-7-9-16(10-8-15)13-23-21(24)14-27-22(25)19-11-17-5-3-4-6-18(17)12-20(19)26-2/h3-12H,13-14H2,1-2H3,(H,23,24). The zero-order chi connectivity index (χ0) is 19.2. The molecule has 5 nitrogen and oxygen atoms in total. The van der Waals surface area contributed by atoms with Gasteiger partial charge in [0.2, 0.25) is 0 Å². The number of amides is 1. The first kappa shape index (κ1) is 18.5. The maximum absolute atomic E-state index is 12.4. The molecule has 0 atom stereocenters. The van der Waals surface area contributed by atoms with Gasteiger partial charge >= 0.3 is 5.97 Å². The second-order valence-electron chi connectivity index (χ2n) is 6.24. The Kier molecular flexibility index (Phi) is 5.71. The highest BCUT2D eigenvalue weighted by molar-refractivity contribution is 5.99. The summed E-state index contributed by atoms with van der Waals surface area (Å²) in [5, 5.41) is 4.59. The first-order valence-electron chi connectivity index (χ1n) is 8.63. The van der Waals surface area contributed by atoms with Crippen LogP contribution in [0.5, 0.6) is 5.75 Å². The van der Waals surface area contributed by atoms with Crippen molar-refractivity contribution < 1.29 is 19.1 Å². The highest BCUT2D eigenvalue weighted by Crippen LogP contribution is 2.26. The Hall–Kier alpha value is -3.34. The topological polar surface area (TPSA) is 64.6 Å². The number of hydrogen-bond donors (Lipinski definition) is 1. The van der Waals surface area contributed by atoms with Crippen molar-refractivity contribution >= 4 is 22.6 Å². The van der Waals surface area contributed by atoms with Crippen LogP contribution in [-0.4, -0.2) is 25.6 Å². The normalized spacial score (nSPS) is 10.4. The minimum Gasteiger partial charge on any atom is -0.496 e. The van der Waals surface area contributed by atoms with Crippen LogP contribution in [0.15, 0.2) is 60.7 Å². The molecule has 3 aromatic carbocycles. The zero-order valence-corrected chi connectivity index (χ0v) is 15.3. The van der Waals surface area contributed by atoms with Gasteiger partial charge in [-0.1, -0.05) is 54.1 Å². The number of carbonyl (C=O) groups excluding carboxylic acids is 2. The second kappa shape index (κ2) is 8.36. The minimum atomic E-state index is -0.594. The number of rotatable bonds is 6. The van der Waals surface area contributed by atoms with Crippen molar-refractivity contribution in [3.05, 3.63) is 77.4 Å². The lowest BCUT2D eigenvalue weighted by atomic mass is 10.1. The number of fused-ring (bicyclic) bond motifs is 1. The number of nitrogens with one attached hydrogen (secondary N) is 1. The summed E-state index contributed by atoms with van der Waals surface area (Å²) in [4.78, 5) is 24.4. The van der Waals surface area contributed by atoms with Gasteiger partial charge in [0.25, 0.3) is 5.91 Å². The van der Waals surface area contributed by atoms with Crippen LogP contribution in [-0.2, 0) is 16.1 Å². The van der Waals surface area contributed by atoms with E-state index in [-0.39, 0.29) is 12.5 Å².